The van der Waals surface area contributed by atoms with Crippen LogP contribution in [-0.4, -0.2) is 26.1 Å². The predicted molar refractivity (Wildman–Crippen MR) is 109 cm³/mol. The van der Waals surface area contributed by atoms with Crippen LogP contribution in [0.1, 0.15) is 11.6 Å². The minimum absolute atomic E-state index is 0.0858. The predicted octanol–water partition coefficient (Wildman–Crippen LogP) is 3.54. The summed E-state index contributed by atoms with van der Waals surface area (Å²) in [5, 5.41) is 0. The number of rotatable bonds is 5. The third kappa shape index (κ3) is 3.46. The Balaban J connectivity index is 1.50. The fourth-order valence-corrected chi connectivity index (χ4v) is 3.95. The second kappa shape index (κ2) is 7.62. The smallest absolute Gasteiger partial charge is 0.156 e. The molecule has 0 spiro atoms. The molecule has 0 saturated carbocycles. The van der Waals surface area contributed by atoms with Crippen LogP contribution in [0.3, 0.4) is 0 Å². The first kappa shape index (κ1) is 17.8. The molecule has 29 heavy (non-hydrogen) atoms. The van der Waals surface area contributed by atoms with E-state index in [4.69, 9.17) is 4.98 Å². The molecule has 146 valence electrons. The molecule has 1 aliphatic heterocycles. The van der Waals surface area contributed by atoms with E-state index in [0.29, 0.717) is 0 Å². The van der Waals surface area contributed by atoms with Crippen molar-refractivity contribution in [2.45, 2.75) is 12.6 Å². The summed E-state index contributed by atoms with van der Waals surface area (Å²) in [6.07, 6.45) is 5.45. The van der Waals surface area contributed by atoms with Crippen LogP contribution >= 0.6 is 0 Å². The molecule has 1 fully saturated rings. The van der Waals surface area contributed by atoms with Crippen molar-refractivity contribution in [1.29, 1.82) is 0 Å². The SMILES string of the molecule is Fc1ccc(C2NNCC2Cn2cnc(-c3ccccc3)c2-c2ncc[nH]2)cc1. The molecule has 3 heterocycles. The normalized spacial score (nSPS) is 18.9. The minimum Gasteiger partial charge on any atom is -0.343 e. The minimum atomic E-state index is -0.224. The van der Waals surface area contributed by atoms with Gasteiger partial charge >= 0.3 is 0 Å². The van der Waals surface area contributed by atoms with Crippen molar-refractivity contribution in [2.24, 2.45) is 5.92 Å². The van der Waals surface area contributed by atoms with E-state index in [1.54, 1.807) is 6.20 Å². The van der Waals surface area contributed by atoms with E-state index in [-0.39, 0.29) is 17.8 Å². The number of nitrogens with zero attached hydrogens (tertiary/aromatic N) is 3. The number of halogens is 1. The Morgan fingerprint density at radius 2 is 1.86 bits per heavy atom. The molecule has 2 unspecified atom stereocenters. The number of nitrogens with one attached hydrogen (secondary N) is 3. The lowest BCUT2D eigenvalue weighted by Gasteiger charge is -2.20. The van der Waals surface area contributed by atoms with Gasteiger partial charge in [0.05, 0.1) is 18.1 Å². The van der Waals surface area contributed by atoms with Gasteiger partial charge in [0.1, 0.15) is 11.5 Å². The lowest BCUT2D eigenvalue weighted by atomic mass is 9.94. The molecule has 2 aromatic carbocycles. The van der Waals surface area contributed by atoms with Gasteiger partial charge in [-0.2, -0.15) is 0 Å². The van der Waals surface area contributed by atoms with Crippen LogP contribution in [0, 0.1) is 11.7 Å². The molecule has 6 nitrogen and oxygen atoms in total. The number of benzene rings is 2. The number of H-pyrrole nitrogens is 1. The van der Waals surface area contributed by atoms with Gasteiger partial charge in [-0.15, -0.1) is 0 Å². The second-order valence-electron chi connectivity index (χ2n) is 7.21. The Labute approximate surface area is 167 Å². The molecule has 2 aromatic heterocycles. The zero-order chi connectivity index (χ0) is 19.6. The fourth-order valence-electron chi connectivity index (χ4n) is 3.95. The van der Waals surface area contributed by atoms with Crippen LogP contribution in [0.2, 0.25) is 0 Å². The van der Waals surface area contributed by atoms with Crippen LogP contribution in [0.5, 0.6) is 0 Å². The molecule has 1 aliphatic rings. The van der Waals surface area contributed by atoms with E-state index in [1.807, 2.05) is 42.9 Å². The summed E-state index contributed by atoms with van der Waals surface area (Å²) in [6.45, 7) is 1.55. The summed E-state index contributed by atoms with van der Waals surface area (Å²) in [5.41, 5.74) is 10.5. The highest BCUT2D eigenvalue weighted by Crippen LogP contribution is 2.32. The number of hydrazine groups is 1. The zero-order valence-corrected chi connectivity index (χ0v) is 15.7. The molecule has 1 saturated heterocycles. The van der Waals surface area contributed by atoms with Gasteiger partial charge in [-0.25, -0.2) is 19.8 Å². The van der Waals surface area contributed by atoms with Crippen molar-refractivity contribution >= 4 is 0 Å². The summed E-state index contributed by atoms with van der Waals surface area (Å²) >= 11 is 0. The quantitative estimate of drug-likeness (QED) is 0.489. The average Bonchev–Trinajstić information content (AvgIpc) is 3.50. The van der Waals surface area contributed by atoms with Gasteiger partial charge in [0.2, 0.25) is 0 Å². The molecule has 5 rings (SSSR count). The Morgan fingerprint density at radius 3 is 2.62 bits per heavy atom. The summed E-state index contributed by atoms with van der Waals surface area (Å²) in [7, 11) is 0. The maximum absolute atomic E-state index is 13.3. The van der Waals surface area contributed by atoms with E-state index in [1.165, 1.54) is 12.1 Å². The standard InChI is InChI=1S/C22H21FN6/c23-18-8-6-16(7-9-18)19-17(12-27-28-19)13-29-14-26-20(15-4-2-1-3-5-15)21(29)22-24-10-11-25-22/h1-11,14,17,19,27-28H,12-13H2,(H,24,25). The molecule has 2 atom stereocenters. The highest BCUT2D eigenvalue weighted by Gasteiger charge is 2.30. The average molecular weight is 388 g/mol. The van der Waals surface area contributed by atoms with Gasteiger partial charge in [0.15, 0.2) is 5.82 Å². The Bertz CT molecular complexity index is 1070. The summed E-state index contributed by atoms with van der Waals surface area (Å²) in [5.74, 6) is 0.837. The van der Waals surface area contributed by atoms with Crippen LogP contribution in [0.15, 0.2) is 73.3 Å². The first-order chi connectivity index (χ1) is 14.3. The lowest BCUT2D eigenvalue weighted by molar-refractivity contribution is 0.415. The highest BCUT2D eigenvalue weighted by molar-refractivity contribution is 5.75. The van der Waals surface area contributed by atoms with Crippen LogP contribution < -0.4 is 10.9 Å². The van der Waals surface area contributed by atoms with E-state index < -0.39 is 0 Å². The molecule has 0 bridgehead atoms. The maximum Gasteiger partial charge on any atom is 0.156 e. The molecular formula is C22H21FN6. The maximum atomic E-state index is 13.3. The molecule has 0 aliphatic carbocycles. The van der Waals surface area contributed by atoms with Crippen LogP contribution in [0.25, 0.3) is 22.8 Å². The van der Waals surface area contributed by atoms with E-state index in [0.717, 1.165) is 41.4 Å². The first-order valence-electron chi connectivity index (χ1n) is 9.64. The van der Waals surface area contributed by atoms with E-state index >= 15 is 0 Å². The monoisotopic (exact) mass is 388 g/mol. The first-order valence-corrected chi connectivity index (χ1v) is 9.64. The third-order valence-electron chi connectivity index (χ3n) is 5.36. The number of hydrogen-bond donors (Lipinski definition) is 3. The summed E-state index contributed by atoms with van der Waals surface area (Å²) in [6, 6.07) is 16.9. The molecule has 7 heteroatoms. The van der Waals surface area contributed by atoms with Crippen molar-refractivity contribution in [3.05, 3.63) is 84.7 Å². The van der Waals surface area contributed by atoms with Crippen molar-refractivity contribution in [2.75, 3.05) is 6.54 Å². The molecule has 0 amide bonds. The molecule has 0 radical (unpaired) electrons. The highest BCUT2D eigenvalue weighted by atomic mass is 19.1. The van der Waals surface area contributed by atoms with Gasteiger partial charge < -0.3 is 9.55 Å². The summed E-state index contributed by atoms with van der Waals surface area (Å²) in [4.78, 5) is 12.4. The van der Waals surface area contributed by atoms with Gasteiger partial charge in [0, 0.05) is 37.0 Å². The Hall–Kier alpha value is -3.29. The molecule has 4 aromatic rings. The number of imidazole rings is 2. The summed E-state index contributed by atoms with van der Waals surface area (Å²) < 4.78 is 15.5. The van der Waals surface area contributed by atoms with Crippen molar-refractivity contribution in [1.82, 2.24) is 30.4 Å². The van der Waals surface area contributed by atoms with Crippen LogP contribution in [-0.2, 0) is 6.54 Å². The van der Waals surface area contributed by atoms with E-state index in [2.05, 4.69) is 37.5 Å². The number of hydrogen-bond acceptors (Lipinski definition) is 4. The van der Waals surface area contributed by atoms with Gasteiger partial charge in [-0.05, 0) is 17.7 Å². The Kier molecular flexibility index (Phi) is 4.67. The van der Waals surface area contributed by atoms with Gasteiger partial charge in [-0.3, -0.25) is 5.43 Å². The largest absolute Gasteiger partial charge is 0.343 e. The topological polar surface area (TPSA) is 70.6 Å². The molecule has 3 N–H and O–H groups in total. The van der Waals surface area contributed by atoms with Gasteiger partial charge in [0.25, 0.3) is 0 Å². The van der Waals surface area contributed by atoms with Gasteiger partial charge in [-0.1, -0.05) is 42.5 Å². The van der Waals surface area contributed by atoms with Crippen molar-refractivity contribution < 1.29 is 4.39 Å². The number of aromatic nitrogens is 4. The fraction of sp³-hybridized carbons (Fsp3) is 0.182. The Morgan fingerprint density at radius 1 is 1.03 bits per heavy atom. The van der Waals surface area contributed by atoms with E-state index in [9.17, 15) is 4.39 Å². The lowest BCUT2D eigenvalue weighted by Crippen LogP contribution is -2.25. The van der Waals surface area contributed by atoms with Crippen molar-refractivity contribution in [3.8, 4) is 22.8 Å². The second-order valence-corrected chi connectivity index (χ2v) is 7.21. The zero-order valence-electron chi connectivity index (χ0n) is 15.7. The third-order valence-corrected chi connectivity index (χ3v) is 5.36. The molecular weight excluding hydrogens is 367 g/mol. The number of aromatic amines is 1. The van der Waals surface area contributed by atoms with Crippen LogP contribution in [0.4, 0.5) is 4.39 Å². The van der Waals surface area contributed by atoms with Crippen molar-refractivity contribution in [3.63, 3.8) is 0 Å².